The van der Waals surface area contributed by atoms with Crippen LogP contribution in [0.2, 0.25) is 0 Å². The van der Waals surface area contributed by atoms with Gasteiger partial charge in [0.25, 0.3) is 0 Å². The van der Waals surface area contributed by atoms with Crippen molar-refractivity contribution in [3.63, 3.8) is 0 Å². The van der Waals surface area contributed by atoms with Crippen LogP contribution in [-0.2, 0) is 11.3 Å². The maximum absolute atomic E-state index is 5.94. The SMILES string of the molecule is CCN1CCN(Cc2cnc(Nc3ncc(-c4ccnc(OC5CCOCC5)n4)s3)nc2)CC1. The molecule has 0 atom stereocenters. The Hall–Kier alpha value is -2.73. The van der Waals surface area contributed by atoms with Gasteiger partial charge in [0.15, 0.2) is 5.13 Å². The van der Waals surface area contributed by atoms with Crippen LogP contribution in [0.3, 0.4) is 0 Å². The Labute approximate surface area is 203 Å². The third-order valence-corrected chi connectivity index (χ3v) is 7.01. The van der Waals surface area contributed by atoms with Gasteiger partial charge in [-0.25, -0.2) is 19.9 Å². The van der Waals surface area contributed by atoms with E-state index in [4.69, 9.17) is 9.47 Å². The second-order valence-corrected chi connectivity index (χ2v) is 9.46. The molecule has 0 radical (unpaired) electrons. The van der Waals surface area contributed by atoms with E-state index in [0.29, 0.717) is 30.3 Å². The average molecular weight is 483 g/mol. The van der Waals surface area contributed by atoms with Crippen molar-refractivity contribution >= 4 is 22.4 Å². The van der Waals surface area contributed by atoms with Gasteiger partial charge < -0.3 is 19.7 Å². The molecule has 180 valence electrons. The lowest BCUT2D eigenvalue weighted by Crippen LogP contribution is -2.45. The summed E-state index contributed by atoms with van der Waals surface area (Å²) in [5.74, 6) is 0.534. The summed E-state index contributed by atoms with van der Waals surface area (Å²) in [6.07, 6.45) is 9.10. The van der Waals surface area contributed by atoms with Gasteiger partial charge in [0.1, 0.15) is 6.10 Å². The molecule has 0 spiro atoms. The predicted octanol–water partition coefficient (Wildman–Crippen LogP) is 2.83. The van der Waals surface area contributed by atoms with E-state index in [2.05, 4.69) is 47.0 Å². The van der Waals surface area contributed by atoms with E-state index < -0.39 is 0 Å². The molecule has 2 aliphatic heterocycles. The van der Waals surface area contributed by atoms with Crippen LogP contribution in [0.1, 0.15) is 25.3 Å². The number of nitrogens with one attached hydrogen (secondary N) is 1. The number of rotatable bonds is 8. The van der Waals surface area contributed by atoms with Crippen LogP contribution >= 0.6 is 11.3 Å². The van der Waals surface area contributed by atoms with Gasteiger partial charge in [-0.1, -0.05) is 18.3 Å². The Morgan fingerprint density at radius 2 is 1.79 bits per heavy atom. The summed E-state index contributed by atoms with van der Waals surface area (Å²) in [5.41, 5.74) is 1.90. The number of piperazine rings is 1. The third-order valence-electron chi connectivity index (χ3n) is 6.07. The van der Waals surface area contributed by atoms with Gasteiger partial charge in [-0.15, -0.1) is 0 Å². The smallest absolute Gasteiger partial charge is 0.317 e. The molecule has 0 amide bonds. The molecular weight excluding hydrogens is 452 g/mol. The van der Waals surface area contributed by atoms with Gasteiger partial charge in [-0.2, -0.15) is 4.98 Å². The fourth-order valence-corrected chi connectivity index (χ4v) is 4.83. The number of likely N-dealkylation sites (N-methyl/N-ethyl adjacent to an activating group) is 1. The van der Waals surface area contributed by atoms with Crippen molar-refractivity contribution in [3.05, 3.63) is 36.4 Å². The molecule has 34 heavy (non-hydrogen) atoms. The third kappa shape index (κ3) is 6.03. The van der Waals surface area contributed by atoms with Crippen molar-refractivity contribution in [3.8, 4) is 16.6 Å². The topological polar surface area (TPSA) is 101 Å². The van der Waals surface area contributed by atoms with E-state index in [1.54, 1.807) is 12.4 Å². The Morgan fingerprint density at radius 3 is 2.56 bits per heavy atom. The minimum atomic E-state index is 0.101. The summed E-state index contributed by atoms with van der Waals surface area (Å²) < 4.78 is 11.3. The van der Waals surface area contributed by atoms with Crippen LogP contribution in [0.25, 0.3) is 10.6 Å². The summed E-state index contributed by atoms with van der Waals surface area (Å²) in [5, 5.41) is 3.91. The molecule has 5 rings (SSSR count). The Balaban J connectivity index is 1.16. The molecule has 10 nitrogen and oxygen atoms in total. The van der Waals surface area contributed by atoms with Crippen LogP contribution in [0.4, 0.5) is 11.1 Å². The summed E-state index contributed by atoms with van der Waals surface area (Å²) in [7, 11) is 0. The molecule has 0 saturated carbocycles. The highest BCUT2D eigenvalue weighted by Gasteiger charge is 2.18. The predicted molar refractivity (Wildman–Crippen MR) is 130 cm³/mol. The molecule has 0 aliphatic carbocycles. The minimum absolute atomic E-state index is 0.101. The first-order valence-corrected chi connectivity index (χ1v) is 12.6. The zero-order valence-corrected chi connectivity index (χ0v) is 20.2. The second kappa shape index (κ2) is 11.1. The van der Waals surface area contributed by atoms with Gasteiger partial charge in [-0.05, 0) is 12.6 Å². The summed E-state index contributed by atoms with van der Waals surface area (Å²) in [4.78, 5) is 28.1. The van der Waals surface area contributed by atoms with Crippen molar-refractivity contribution in [2.75, 3.05) is 51.3 Å². The molecule has 11 heteroatoms. The second-order valence-electron chi connectivity index (χ2n) is 8.43. The van der Waals surface area contributed by atoms with Crippen LogP contribution in [0.15, 0.2) is 30.9 Å². The summed E-state index contributed by atoms with van der Waals surface area (Å²) in [6, 6.07) is 2.25. The van der Waals surface area contributed by atoms with Crippen molar-refractivity contribution in [2.24, 2.45) is 0 Å². The molecular formula is C23H30N8O2S. The van der Waals surface area contributed by atoms with Crippen LogP contribution in [-0.4, -0.2) is 86.8 Å². The van der Waals surface area contributed by atoms with Gasteiger partial charge in [0.2, 0.25) is 5.95 Å². The molecule has 2 saturated heterocycles. The number of aromatic nitrogens is 5. The summed E-state index contributed by atoms with van der Waals surface area (Å²) in [6.45, 7) is 10.1. The fourth-order valence-electron chi connectivity index (χ4n) is 4.05. The molecule has 3 aromatic heterocycles. The number of anilines is 2. The first kappa shape index (κ1) is 23.0. The molecule has 2 aliphatic rings. The first-order valence-electron chi connectivity index (χ1n) is 11.8. The largest absolute Gasteiger partial charge is 0.460 e. The van der Waals surface area contributed by atoms with Gasteiger partial charge in [0.05, 0.1) is 23.8 Å². The average Bonchev–Trinajstić information content (AvgIpc) is 3.35. The lowest BCUT2D eigenvalue weighted by atomic mass is 10.2. The quantitative estimate of drug-likeness (QED) is 0.516. The van der Waals surface area contributed by atoms with Crippen LogP contribution < -0.4 is 10.1 Å². The molecule has 5 heterocycles. The lowest BCUT2D eigenvalue weighted by molar-refractivity contribution is 0.0217. The van der Waals surface area contributed by atoms with E-state index in [1.807, 2.05) is 18.5 Å². The monoisotopic (exact) mass is 482 g/mol. The van der Waals surface area contributed by atoms with Gasteiger partial charge in [-0.3, -0.25) is 4.90 Å². The van der Waals surface area contributed by atoms with E-state index in [-0.39, 0.29) is 6.10 Å². The Kier molecular flexibility index (Phi) is 7.54. The number of hydrogen-bond acceptors (Lipinski definition) is 11. The standard InChI is InChI=1S/C23H30N8O2S/c1-2-30-7-9-31(10-8-30)16-17-13-25-21(26-14-17)29-23-27-15-20(34-23)19-3-6-24-22(28-19)33-18-4-11-32-12-5-18/h3,6,13-15,18H,2,4-5,7-12,16H2,1H3,(H,25,26,27,29). The van der Waals surface area contributed by atoms with E-state index in [9.17, 15) is 0 Å². The normalized spacial score (nSPS) is 18.1. The number of hydrogen-bond donors (Lipinski definition) is 1. The maximum atomic E-state index is 5.94. The van der Waals surface area contributed by atoms with Crippen LogP contribution in [0.5, 0.6) is 6.01 Å². The number of thiazole rings is 1. The Bertz CT molecular complexity index is 1050. The van der Waals surface area contributed by atoms with E-state index in [0.717, 1.165) is 68.2 Å². The van der Waals surface area contributed by atoms with E-state index in [1.165, 1.54) is 11.3 Å². The highest BCUT2D eigenvalue weighted by atomic mass is 32.1. The molecule has 3 aromatic rings. The molecule has 0 unspecified atom stereocenters. The van der Waals surface area contributed by atoms with Crippen molar-refractivity contribution in [1.29, 1.82) is 0 Å². The highest BCUT2D eigenvalue weighted by molar-refractivity contribution is 7.18. The van der Waals surface area contributed by atoms with Gasteiger partial charge in [0, 0.05) is 75.9 Å². The zero-order valence-electron chi connectivity index (χ0n) is 19.4. The number of ether oxygens (including phenoxy) is 2. The molecule has 2 fully saturated rings. The van der Waals surface area contributed by atoms with Gasteiger partial charge >= 0.3 is 6.01 Å². The number of nitrogens with zero attached hydrogens (tertiary/aromatic N) is 7. The lowest BCUT2D eigenvalue weighted by Gasteiger charge is -2.33. The van der Waals surface area contributed by atoms with Crippen molar-refractivity contribution in [2.45, 2.75) is 32.4 Å². The molecule has 1 N–H and O–H groups in total. The van der Waals surface area contributed by atoms with Crippen molar-refractivity contribution < 1.29 is 9.47 Å². The Morgan fingerprint density at radius 1 is 1.03 bits per heavy atom. The highest BCUT2D eigenvalue weighted by Crippen LogP contribution is 2.29. The molecule has 0 bridgehead atoms. The molecule has 0 aromatic carbocycles. The van der Waals surface area contributed by atoms with Crippen molar-refractivity contribution in [1.82, 2.24) is 34.7 Å². The summed E-state index contributed by atoms with van der Waals surface area (Å²) >= 11 is 1.49. The minimum Gasteiger partial charge on any atom is -0.460 e. The fraction of sp³-hybridized carbons (Fsp3) is 0.522. The zero-order chi connectivity index (χ0) is 23.2. The first-order chi connectivity index (χ1) is 16.7. The van der Waals surface area contributed by atoms with E-state index >= 15 is 0 Å². The van der Waals surface area contributed by atoms with Crippen LogP contribution in [0, 0.1) is 0 Å². The maximum Gasteiger partial charge on any atom is 0.317 e.